The van der Waals surface area contributed by atoms with Crippen molar-refractivity contribution in [1.29, 1.82) is 0 Å². The van der Waals surface area contributed by atoms with Crippen molar-refractivity contribution in [3.8, 4) is 5.69 Å². The van der Waals surface area contributed by atoms with Gasteiger partial charge in [-0.1, -0.05) is 60.1 Å². The van der Waals surface area contributed by atoms with Crippen LogP contribution in [-0.4, -0.2) is 27.6 Å². The summed E-state index contributed by atoms with van der Waals surface area (Å²) in [6.07, 6.45) is 0.553. The Hall–Kier alpha value is -3.20. The summed E-state index contributed by atoms with van der Waals surface area (Å²) >= 11 is 6.39. The van der Waals surface area contributed by atoms with Gasteiger partial charge in [-0.25, -0.2) is 15.5 Å². The molecular weight excluding hydrogens is 404 g/mol. The van der Waals surface area contributed by atoms with E-state index in [-0.39, 0.29) is 22.7 Å². The van der Waals surface area contributed by atoms with Crippen molar-refractivity contribution in [3.63, 3.8) is 0 Å². The van der Waals surface area contributed by atoms with Gasteiger partial charge >= 0.3 is 0 Å². The van der Waals surface area contributed by atoms with Crippen molar-refractivity contribution in [2.24, 2.45) is 0 Å². The van der Waals surface area contributed by atoms with Gasteiger partial charge in [0.25, 0.3) is 11.8 Å². The first-order valence-electron chi connectivity index (χ1n) is 9.51. The van der Waals surface area contributed by atoms with Crippen molar-refractivity contribution < 1.29 is 9.59 Å². The molecule has 2 heterocycles. The molecule has 1 fully saturated rings. The Labute approximate surface area is 178 Å². The monoisotopic (exact) mass is 424 g/mol. The number of nitrogens with one attached hydrogen (secondary N) is 4. The van der Waals surface area contributed by atoms with Crippen LogP contribution in [0.2, 0.25) is 5.15 Å². The highest BCUT2D eigenvalue weighted by Crippen LogP contribution is 2.24. The summed E-state index contributed by atoms with van der Waals surface area (Å²) in [5, 5.41) is 4.51. The highest BCUT2D eigenvalue weighted by atomic mass is 35.5. The molecule has 30 heavy (non-hydrogen) atoms. The van der Waals surface area contributed by atoms with E-state index in [2.05, 4.69) is 26.8 Å². The lowest BCUT2D eigenvalue weighted by molar-refractivity contribution is -0.123. The van der Waals surface area contributed by atoms with E-state index in [0.29, 0.717) is 12.1 Å². The summed E-state index contributed by atoms with van der Waals surface area (Å²) in [5.74, 6) is -0.878. The number of amides is 2. The molecule has 2 amide bonds. The Bertz CT molecular complexity index is 1050. The number of rotatable bonds is 4. The summed E-state index contributed by atoms with van der Waals surface area (Å²) in [7, 11) is 0. The summed E-state index contributed by atoms with van der Waals surface area (Å²) in [6.45, 7) is 1.69. The van der Waals surface area contributed by atoms with Gasteiger partial charge in [-0.2, -0.15) is 5.10 Å². The van der Waals surface area contributed by atoms with Crippen LogP contribution in [0.25, 0.3) is 5.69 Å². The van der Waals surface area contributed by atoms with Crippen LogP contribution in [0, 0.1) is 6.92 Å². The molecule has 154 valence electrons. The van der Waals surface area contributed by atoms with E-state index in [0.717, 1.165) is 11.3 Å². The molecule has 1 aliphatic heterocycles. The molecule has 0 bridgehead atoms. The lowest BCUT2D eigenvalue weighted by atomic mass is 10.0. The number of nitrogens with zero attached hydrogens (tertiary/aromatic N) is 2. The number of carbonyl (C=O) groups is 2. The molecule has 3 aromatic rings. The van der Waals surface area contributed by atoms with Crippen LogP contribution in [-0.2, 0) is 4.79 Å². The van der Waals surface area contributed by atoms with Gasteiger partial charge in [-0.05, 0) is 31.0 Å². The van der Waals surface area contributed by atoms with Crippen molar-refractivity contribution >= 4 is 23.4 Å². The zero-order valence-corrected chi connectivity index (χ0v) is 17.0. The van der Waals surface area contributed by atoms with Crippen LogP contribution < -0.4 is 21.7 Å². The maximum Gasteiger partial charge on any atom is 0.274 e. The molecule has 9 heteroatoms. The molecule has 2 atom stereocenters. The fraction of sp³-hybridized carbons (Fsp3) is 0.190. The minimum Gasteiger partial charge on any atom is -0.271 e. The maximum atomic E-state index is 12.6. The van der Waals surface area contributed by atoms with Crippen molar-refractivity contribution in [1.82, 2.24) is 31.5 Å². The third kappa shape index (κ3) is 4.06. The van der Waals surface area contributed by atoms with Crippen LogP contribution >= 0.6 is 11.6 Å². The van der Waals surface area contributed by atoms with Crippen LogP contribution in [0.15, 0.2) is 60.7 Å². The number of aryl methyl sites for hydroxylation is 1. The summed E-state index contributed by atoms with van der Waals surface area (Å²) in [4.78, 5) is 25.1. The summed E-state index contributed by atoms with van der Waals surface area (Å²) in [5.41, 5.74) is 13.4. The number of hydrogen-bond acceptors (Lipinski definition) is 5. The number of para-hydroxylation sites is 1. The van der Waals surface area contributed by atoms with Gasteiger partial charge in [-0.15, -0.1) is 0 Å². The first kappa shape index (κ1) is 20.1. The Morgan fingerprint density at radius 1 is 1.03 bits per heavy atom. The van der Waals surface area contributed by atoms with Gasteiger partial charge in [-0.3, -0.25) is 20.4 Å². The first-order chi connectivity index (χ1) is 14.5. The van der Waals surface area contributed by atoms with E-state index in [1.807, 2.05) is 60.7 Å². The zero-order valence-electron chi connectivity index (χ0n) is 16.2. The molecular formula is C21H21ClN6O2. The van der Waals surface area contributed by atoms with Crippen molar-refractivity contribution in [2.45, 2.75) is 25.4 Å². The smallest absolute Gasteiger partial charge is 0.271 e. The Balaban J connectivity index is 1.38. The quantitative estimate of drug-likeness (QED) is 0.481. The highest BCUT2D eigenvalue weighted by Gasteiger charge is 2.30. The molecule has 4 rings (SSSR count). The molecule has 1 aliphatic rings. The zero-order chi connectivity index (χ0) is 21.1. The minimum atomic E-state index is -0.529. The van der Waals surface area contributed by atoms with Crippen molar-refractivity contribution in [3.05, 3.63) is 82.6 Å². The second kappa shape index (κ2) is 8.66. The Morgan fingerprint density at radius 3 is 2.40 bits per heavy atom. The topological polar surface area (TPSA) is 100 Å². The second-order valence-electron chi connectivity index (χ2n) is 6.98. The van der Waals surface area contributed by atoms with E-state index in [4.69, 9.17) is 11.6 Å². The third-order valence-electron chi connectivity index (χ3n) is 4.95. The number of aromatic nitrogens is 2. The first-order valence-corrected chi connectivity index (χ1v) is 9.89. The molecule has 1 saturated heterocycles. The van der Waals surface area contributed by atoms with E-state index < -0.39 is 11.9 Å². The van der Waals surface area contributed by atoms with Gasteiger partial charge in [0.2, 0.25) is 0 Å². The van der Waals surface area contributed by atoms with Crippen LogP contribution in [0.4, 0.5) is 0 Å². The standard InChI is InChI=1S/C21H21ClN6O2/c1-13-18(19(22)28(27-13)15-10-6-3-7-11-15)21(30)26-25-20(29)17-12-16(23-24-17)14-8-4-2-5-9-14/h2-11,16-17,23-24H,12H2,1H3,(H,25,29)(H,26,30). The molecule has 4 N–H and O–H groups in total. The number of benzene rings is 2. The Kier molecular flexibility index (Phi) is 5.80. The lowest BCUT2D eigenvalue weighted by Crippen LogP contribution is -2.50. The highest BCUT2D eigenvalue weighted by molar-refractivity contribution is 6.33. The minimum absolute atomic E-state index is 0.0124. The van der Waals surface area contributed by atoms with Gasteiger partial charge in [0, 0.05) is 6.04 Å². The van der Waals surface area contributed by atoms with Crippen molar-refractivity contribution in [2.75, 3.05) is 0 Å². The van der Waals surface area contributed by atoms with Crippen LogP contribution in [0.1, 0.15) is 34.1 Å². The van der Waals surface area contributed by atoms with E-state index >= 15 is 0 Å². The normalized spacial score (nSPS) is 18.2. The average Bonchev–Trinajstić information content (AvgIpc) is 3.38. The molecule has 0 spiro atoms. The summed E-state index contributed by atoms with van der Waals surface area (Å²) < 4.78 is 1.49. The molecule has 0 saturated carbocycles. The van der Waals surface area contributed by atoms with Gasteiger partial charge < -0.3 is 0 Å². The maximum absolute atomic E-state index is 12.6. The van der Waals surface area contributed by atoms with E-state index in [1.54, 1.807) is 6.92 Å². The molecule has 1 aromatic heterocycles. The molecule has 2 unspecified atom stereocenters. The largest absolute Gasteiger partial charge is 0.274 e. The van der Waals surface area contributed by atoms with E-state index in [9.17, 15) is 9.59 Å². The number of hydrogen-bond donors (Lipinski definition) is 4. The SMILES string of the molecule is Cc1nn(-c2ccccc2)c(Cl)c1C(=O)NNC(=O)C1CC(c2ccccc2)NN1. The van der Waals surface area contributed by atoms with Crippen LogP contribution in [0.3, 0.4) is 0 Å². The molecule has 8 nitrogen and oxygen atoms in total. The Morgan fingerprint density at radius 2 is 1.70 bits per heavy atom. The van der Waals surface area contributed by atoms with E-state index in [1.165, 1.54) is 4.68 Å². The molecule has 2 aromatic carbocycles. The predicted octanol–water partition coefficient (Wildman–Crippen LogP) is 2.20. The average molecular weight is 425 g/mol. The van der Waals surface area contributed by atoms with Crippen LogP contribution in [0.5, 0.6) is 0 Å². The second-order valence-corrected chi connectivity index (χ2v) is 7.34. The number of halogens is 1. The van der Waals surface area contributed by atoms with Gasteiger partial charge in [0.15, 0.2) is 0 Å². The number of hydrazine groups is 2. The van der Waals surface area contributed by atoms with Gasteiger partial charge in [0.1, 0.15) is 16.8 Å². The number of carbonyl (C=O) groups excluding carboxylic acids is 2. The van der Waals surface area contributed by atoms with Gasteiger partial charge in [0.05, 0.1) is 11.4 Å². The third-order valence-corrected chi connectivity index (χ3v) is 5.30. The fourth-order valence-corrected chi connectivity index (χ4v) is 3.76. The summed E-state index contributed by atoms with van der Waals surface area (Å²) in [6, 6.07) is 18.6. The molecule has 0 aliphatic carbocycles. The lowest BCUT2D eigenvalue weighted by Gasteiger charge is -2.12. The fourth-order valence-electron chi connectivity index (χ4n) is 3.40. The predicted molar refractivity (Wildman–Crippen MR) is 113 cm³/mol. The molecule has 0 radical (unpaired) electrons.